The van der Waals surface area contributed by atoms with Crippen molar-refractivity contribution in [2.75, 3.05) is 12.4 Å². The SMILES string of the molecule is CNc1cc(C(=O)N2[C@H](C)CCC[C@@H]2C)cc(Cl)n1. The molecule has 1 fully saturated rings. The number of hydrogen-bond acceptors (Lipinski definition) is 3. The first-order valence-electron chi connectivity index (χ1n) is 6.71. The molecule has 0 spiro atoms. The van der Waals surface area contributed by atoms with Gasteiger partial charge >= 0.3 is 0 Å². The topological polar surface area (TPSA) is 45.2 Å². The van der Waals surface area contributed by atoms with Gasteiger partial charge in [0, 0.05) is 24.7 Å². The Hall–Kier alpha value is -1.29. The standard InChI is InChI=1S/C14H20ClN3O/c1-9-5-4-6-10(2)18(9)14(19)11-7-12(15)17-13(8-11)16-3/h7-10H,4-6H2,1-3H3,(H,16,17)/t9-,10+. The summed E-state index contributed by atoms with van der Waals surface area (Å²) in [5.41, 5.74) is 0.602. The number of rotatable bonds is 2. The molecule has 1 aromatic rings. The minimum atomic E-state index is 0.0421. The summed E-state index contributed by atoms with van der Waals surface area (Å²) in [6, 6.07) is 3.95. The predicted molar refractivity (Wildman–Crippen MR) is 77.7 cm³/mol. The lowest BCUT2D eigenvalue weighted by Crippen LogP contribution is -2.47. The first-order chi connectivity index (χ1) is 9.02. The van der Waals surface area contributed by atoms with Gasteiger partial charge in [0.05, 0.1) is 0 Å². The van der Waals surface area contributed by atoms with Gasteiger partial charge in [-0.2, -0.15) is 0 Å². The van der Waals surface area contributed by atoms with Crippen LogP contribution in [0.4, 0.5) is 5.82 Å². The fourth-order valence-corrected chi connectivity index (χ4v) is 2.93. The summed E-state index contributed by atoms with van der Waals surface area (Å²) in [6.45, 7) is 4.21. The van der Waals surface area contributed by atoms with E-state index in [-0.39, 0.29) is 18.0 Å². The van der Waals surface area contributed by atoms with Crippen molar-refractivity contribution in [3.63, 3.8) is 0 Å². The van der Waals surface area contributed by atoms with Gasteiger partial charge in [0.1, 0.15) is 11.0 Å². The number of pyridine rings is 1. The number of amides is 1. The Morgan fingerprint density at radius 1 is 1.37 bits per heavy atom. The Kier molecular flexibility index (Phi) is 4.30. The zero-order valence-electron chi connectivity index (χ0n) is 11.6. The quantitative estimate of drug-likeness (QED) is 0.847. The normalized spacial score (nSPS) is 23.3. The molecule has 0 aliphatic carbocycles. The van der Waals surface area contributed by atoms with Gasteiger partial charge in [0.2, 0.25) is 0 Å². The minimum Gasteiger partial charge on any atom is -0.373 e. The molecule has 1 amide bonds. The van der Waals surface area contributed by atoms with Gasteiger partial charge < -0.3 is 10.2 Å². The number of halogens is 1. The molecule has 4 nitrogen and oxygen atoms in total. The summed E-state index contributed by atoms with van der Waals surface area (Å²) in [5.74, 6) is 0.661. The van der Waals surface area contributed by atoms with Gasteiger partial charge in [-0.3, -0.25) is 4.79 Å². The van der Waals surface area contributed by atoms with Crippen molar-refractivity contribution in [1.29, 1.82) is 0 Å². The number of aromatic nitrogens is 1. The fourth-order valence-electron chi connectivity index (χ4n) is 2.72. The number of hydrogen-bond donors (Lipinski definition) is 1. The van der Waals surface area contributed by atoms with Crippen molar-refractivity contribution in [3.8, 4) is 0 Å². The minimum absolute atomic E-state index is 0.0421. The second-order valence-electron chi connectivity index (χ2n) is 5.16. The van der Waals surface area contributed by atoms with Gasteiger partial charge in [0.15, 0.2) is 0 Å². The van der Waals surface area contributed by atoms with E-state index in [0.29, 0.717) is 16.5 Å². The van der Waals surface area contributed by atoms with Crippen LogP contribution in [0.15, 0.2) is 12.1 Å². The number of likely N-dealkylation sites (tertiary alicyclic amines) is 1. The molecule has 0 unspecified atom stereocenters. The van der Waals surface area contributed by atoms with Gasteiger partial charge in [-0.1, -0.05) is 11.6 Å². The van der Waals surface area contributed by atoms with Crippen LogP contribution in [0.3, 0.4) is 0 Å². The van der Waals surface area contributed by atoms with E-state index in [9.17, 15) is 4.79 Å². The third-order valence-electron chi connectivity index (χ3n) is 3.73. The lowest BCUT2D eigenvalue weighted by molar-refractivity contribution is 0.0510. The van der Waals surface area contributed by atoms with Crippen LogP contribution in [-0.4, -0.2) is 34.9 Å². The first-order valence-corrected chi connectivity index (χ1v) is 7.08. The highest BCUT2D eigenvalue weighted by molar-refractivity contribution is 6.29. The maximum Gasteiger partial charge on any atom is 0.254 e. The number of carbonyl (C=O) groups is 1. The van der Waals surface area contributed by atoms with Crippen LogP contribution < -0.4 is 5.32 Å². The smallest absolute Gasteiger partial charge is 0.254 e. The number of carbonyl (C=O) groups excluding carboxylic acids is 1. The third kappa shape index (κ3) is 3.00. The molecule has 104 valence electrons. The van der Waals surface area contributed by atoms with Crippen LogP contribution >= 0.6 is 11.6 Å². The number of piperidine rings is 1. The second-order valence-corrected chi connectivity index (χ2v) is 5.54. The molecule has 2 rings (SSSR count). The van der Waals surface area contributed by atoms with Crippen molar-refractivity contribution < 1.29 is 4.79 Å². The Morgan fingerprint density at radius 3 is 2.58 bits per heavy atom. The van der Waals surface area contributed by atoms with Crippen LogP contribution in [0.2, 0.25) is 5.15 Å². The molecular formula is C14H20ClN3O. The summed E-state index contributed by atoms with van der Waals surface area (Å²) in [5, 5.41) is 3.26. The van der Waals surface area contributed by atoms with Crippen LogP contribution in [0.25, 0.3) is 0 Å². The molecule has 1 aliphatic rings. The van der Waals surface area contributed by atoms with E-state index in [1.165, 1.54) is 6.42 Å². The van der Waals surface area contributed by atoms with E-state index in [4.69, 9.17) is 11.6 Å². The maximum atomic E-state index is 12.7. The van der Waals surface area contributed by atoms with E-state index in [0.717, 1.165) is 12.8 Å². The number of nitrogens with zero attached hydrogens (tertiary/aromatic N) is 2. The fraction of sp³-hybridized carbons (Fsp3) is 0.571. The summed E-state index contributed by atoms with van der Waals surface area (Å²) >= 11 is 5.96. The second kappa shape index (κ2) is 5.78. The zero-order valence-corrected chi connectivity index (χ0v) is 12.4. The van der Waals surface area contributed by atoms with E-state index >= 15 is 0 Å². The molecule has 0 aromatic carbocycles. The monoisotopic (exact) mass is 281 g/mol. The molecule has 0 saturated carbocycles. The van der Waals surface area contributed by atoms with Crippen LogP contribution in [0.1, 0.15) is 43.5 Å². The van der Waals surface area contributed by atoms with E-state index in [1.54, 1.807) is 19.2 Å². The summed E-state index contributed by atoms with van der Waals surface area (Å²) in [6.07, 6.45) is 3.31. The van der Waals surface area contributed by atoms with Crippen LogP contribution in [0, 0.1) is 0 Å². The van der Waals surface area contributed by atoms with E-state index in [2.05, 4.69) is 24.1 Å². The molecule has 1 aliphatic heterocycles. The van der Waals surface area contributed by atoms with Gasteiger partial charge in [0.25, 0.3) is 5.91 Å². The molecule has 1 saturated heterocycles. The lowest BCUT2D eigenvalue weighted by atomic mass is 9.96. The molecule has 2 atom stereocenters. The largest absolute Gasteiger partial charge is 0.373 e. The number of nitrogens with one attached hydrogen (secondary N) is 1. The molecule has 0 radical (unpaired) electrons. The average Bonchev–Trinajstić information content (AvgIpc) is 2.37. The summed E-state index contributed by atoms with van der Waals surface area (Å²) in [7, 11) is 1.76. The molecule has 2 heterocycles. The van der Waals surface area contributed by atoms with E-state index in [1.807, 2.05) is 4.90 Å². The third-order valence-corrected chi connectivity index (χ3v) is 3.92. The van der Waals surface area contributed by atoms with Crippen LogP contribution in [0.5, 0.6) is 0 Å². The van der Waals surface area contributed by atoms with Gasteiger partial charge in [-0.05, 0) is 45.2 Å². The average molecular weight is 282 g/mol. The molecular weight excluding hydrogens is 262 g/mol. The predicted octanol–water partition coefficient (Wildman–Crippen LogP) is 3.18. The van der Waals surface area contributed by atoms with Gasteiger partial charge in [-0.25, -0.2) is 4.98 Å². The number of anilines is 1. The highest BCUT2D eigenvalue weighted by Crippen LogP contribution is 2.25. The van der Waals surface area contributed by atoms with Crippen molar-refractivity contribution in [3.05, 3.63) is 22.8 Å². The first kappa shape index (κ1) is 14.1. The lowest BCUT2D eigenvalue weighted by Gasteiger charge is -2.39. The van der Waals surface area contributed by atoms with Gasteiger partial charge in [-0.15, -0.1) is 0 Å². The molecule has 1 aromatic heterocycles. The van der Waals surface area contributed by atoms with Crippen molar-refractivity contribution in [2.24, 2.45) is 0 Å². The highest BCUT2D eigenvalue weighted by atomic mass is 35.5. The summed E-state index contributed by atoms with van der Waals surface area (Å²) in [4.78, 5) is 18.7. The molecule has 19 heavy (non-hydrogen) atoms. The highest BCUT2D eigenvalue weighted by Gasteiger charge is 2.29. The van der Waals surface area contributed by atoms with Crippen molar-refractivity contribution >= 4 is 23.3 Å². The Balaban J connectivity index is 2.30. The Labute approximate surface area is 119 Å². The zero-order chi connectivity index (χ0) is 14.0. The van der Waals surface area contributed by atoms with Crippen LogP contribution in [-0.2, 0) is 0 Å². The maximum absolute atomic E-state index is 12.7. The van der Waals surface area contributed by atoms with Crippen molar-refractivity contribution in [1.82, 2.24) is 9.88 Å². The Bertz CT molecular complexity index is 468. The van der Waals surface area contributed by atoms with E-state index < -0.39 is 0 Å². The van der Waals surface area contributed by atoms with Crippen molar-refractivity contribution in [2.45, 2.75) is 45.2 Å². The molecule has 0 bridgehead atoms. The summed E-state index contributed by atoms with van der Waals surface area (Å²) < 4.78 is 0. The molecule has 5 heteroatoms. The molecule has 1 N–H and O–H groups in total. The Morgan fingerprint density at radius 2 is 2.00 bits per heavy atom.